The largest absolute Gasteiger partial charge is 0.384 e. The van der Waals surface area contributed by atoms with Crippen molar-refractivity contribution in [3.8, 4) is 0 Å². The van der Waals surface area contributed by atoms with Crippen LogP contribution in [0.25, 0.3) is 0 Å². The van der Waals surface area contributed by atoms with Crippen LogP contribution in [0, 0.1) is 5.92 Å². The molecule has 7 heteroatoms. The fourth-order valence-electron chi connectivity index (χ4n) is 2.45. The first-order chi connectivity index (χ1) is 9.57. The molecule has 0 amide bonds. The maximum atomic E-state index is 12.5. The second kappa shape index (κ2) is 7.00. The van der Waals surface area contributed by atoms with Crippen molar-refractivity contribution >= 4 is 21.4 Å². The average molecular weight is 318 g/mol. The fourth-order valence-corrected chi connectivity index (χ4v) is 5.45. The molecule has 1 fully saturated rings. The number of rotatable bonds is 6. The normalized spacial score (nSPS) is 18.5. The number of methoxy groups -OCH3 is 1. The molecule has 0 atom stereocenters. The number of hydrogen-bond acceptors (Lipinski definition) is 5. The molecule has 5 nitrogen and oxygen atoms in total. The van der Waals surface area contributed by atoms with Crippen molar-refractivity contribution in [1.29, 1.82) is 0 Å². The summed E-state index contributed by atoms with van der Waals surface area (Å²) in [6.07, 6.45) is 2.47. The SMILES string of the molecule is COCC1CCN(S(=O)(=O)c2ccc(CCN)s2)CC1. The van der Waals surface area contributed by atoms with Gasteiger partial charge in [0.25, 0.3) is 10.0 Å². The van der Waals surface area contributed by atoms with E-state index in [0.29, 0.717) is 36.4 Å². The first-order valence-corrected chi connectivity index (χ1v) is 9.11. The van der Waals surface area contributed by atoms with Crippen molar-refractivity contribution in [2.75, 3.05) is 33.4 Å². The van der Waals surface area contributed by atoms with E-state index in [1.165, 1.54) is 11.3 Å². The van der Waals surface area contributed by atoms with E-state index < -0.39 is 10.0 Å². The molecule has 0 aromatic carbocycles. The summed E-state index contributed by atoms with van der Waals surface area (Å²) in [7, 11) is -1.64. The number of hydrogen-bond donors (Lipinski definition) is 1. The first-order valence-electron chi connectivity index (χ1n) is 6.85. The second-order valence-electron chi connectivity index (χ2n) is 5.06. The third kappa shape index (κ3) is 3.59. The van der Waals surface area contributed by atoms with Crippen LogP contribution in [0.4, 0.5) is 0 Å². The lowest BCUT2D eigenvalue weighted by molar-refractivity contribution is 0.121. The number of thiophene rings is 1. The molecule has 0 saturated carbocycles. The molecule has 0 bridgehead atoms. The third-order valence-electron chi connectivity index (χ3n) is 3.60. The molecule has 1 aromatic heterocycles. The van der Waals surface area contributed by atoms with Gasteiger partial charge in [0.1, 0.15) is 4.21 Å². The molecule has 0 spiro atoms. The standard InChI is InChI=1S/C13H22N2O3S2/c1-18-10-11-5-8-15(9-6-11)20(16,17)13-3-2-12(19-13)4-7-14/h2-3,11H,4-10,14H2,1H3. The molecule has 1 saturated heterocycles. The summed E-state index contributed by atoms with van der Waals surface area (Å²) in [4.78, 5) is 1.03. The zero-order valence-electron chi connectivity index (χ0n) is 11.7. The summed E-state index contributed by atoms with van der Waals surface area (Å²) in [5.41, 5.74) is 5.50. The van der Waals surface area contributed by atoms with E-state index in [1.807, 2.05) is 6.07 Å². The maximum Gasteiger partial charge on any atom is 0.252 e. The lowest BCUT2D eigenvalue weighted by atomic mass is 9.99. The molecule has 0 aliphatic carbocycles. The van der Waals surface area contributed by atoms with Crippen LogP contribution < -0.4 is 5.73 Å². The molecule has 2 N–H and O–H groups in total. The first kappa shape index (κ1) is 15.9. The summed E-state index contributed by atoms with van der Waals surface area (Å²) in [6.45, 7) is 2.43. The summed E-state index contributed by atoms with van der Waals surface area (Å²) >= 11 is 1.33. The number of sulfonamides is 1. The Labute approximate surface area is 124 Å². The molecular weight excluding hydrogens is 296 g/mol. The quantitative estimate of drug-likeness (QED) is 0.858. The van der Waals surface area contributed by atoms with Gasteiger partial charge in [-0.2, -0.15) is 4.31 Å². The van der Waals surface area contributed by atoms with Crippen molar-refractivity contribution in [2.45, 2.75) is 23.5 Å². The van der Waals surface area contributed by atoms with Crippen molar-refractivity contribution in [3.63, 3.8) is 0 Å². The highest BCUT2D eigenvalue weighted by Gasteiger charge is 2.30. The molecule has 114 valence electrons. The zero-order valence-corrected chi connectivity index (χ0v) is 13.4. The average Bonchev–Trinajstić information content (AvgIpc) is 2.90. The monoisotopic (exact) mass is 318 g/mol. The highest BCUT2D eigenvalue weighted by atomic mass is 32.2. The predicted molar refractivity (Wildman–Crippen MR) is 80.4 cm³/mol. The number of nitrogens with two attached hydrogens (primary N) is 1. The minimum absolute atomic E-state index is 0.436. The van der Waals surface area contributed by atoms with E-state index in [4.69, 9.17) is 10.5 Å². The van der Waals surface area contributed by atoms with Crippen molar-refractivity contribution in [3.05, 3.63) is 17.0 Å². The van der Waals surface area contributed by atoms with Gasteiger partial charge < -0.3 is 10.5 Å². The Morgan fingerprint density at radius 1 is 1.40 bits per heavy atom. The van der Waals surface area contributed by atoms with Crippen LogP contribution in [0.2, 0.25) is 0 Å². The van der Waals surface area contributed by atoms with Crippen LogP contribution in [-0.2, 0) is 21.2 Å². The fraction of sp³-hybridized carbons (Fsp3) is 0.692. The Morgan fingerprint density at radius 2 is 2.10 bits per heavy atom. The maximum absolute atomic E-state index is 12.5. The van der Waals surface area contributed by atoms with Gasteiger partial charge >= 0.3 is 0 Å². The highest BCUT2D eigenvalue weighted by molar-refractivity contribution is 7.91. The van der Waals surface area contributed by atoms with Crippen LogP contribution in [0.15, 0.2) is 16.3 Å². The Morgan fingerprint density at radius 3 is 2.70 bits per heavy atom. The predicted octanol–water partition coefficient (Wildman–Crippen LogP) is 1.30. The van der Waals surface area contributed by atoms with Crippen LogP contribution in [0.5, 0.6) is 0 Å². The molecule has 2 heterocycles. The topological polar surface area (TPSA) is 72.6 Å². The Kier molecular flexibility index (Phi) is 5.57. The van der Waals surface area contributed by atoms with Gasteiger partial charge in [-0.15, -0.1) is 11.3 Å². The molecule has 1 aliphatic rings. The van der Waals surface area contributed by atoms with Gasteiger partial charge in [-0.25, -0.2) is 8.42 Å². The summed E-state index contributed by atoms with van der Waals surface area (Å²) in [5, 5.41) is 0. The Balaban J connectivity index is 2.03. The van der Waals surface area contributed by atoms with Crippen LogP contribution in [0.3, 0.4) is 0 Å². The molecule has 1 aromatic rings. The van der Waals surface area contributed by atoms with E-state index >= 15 is 0 Å². The summed E-state index contributed by atoms with van der Waals surface area (Å²) in [6, 6.07) is 3.56. The molecule has 0 radical (unpaired) electrons. The van der Waals surface area contributed by atoms with Gasteiger partial charge in [0.2, 0.25) is 0 Å². The van der Waals surface area contributed by atoms with Crippen LogP contribution >= 0.6 is 11.3 Å². The van der Waals surface area contributed by atoms with Crippen molar-refractivity contribution in [1.82, 2.24) is 4.31 Å². The van der Waals surface area contributed by atoms with Crippen LogP contribution in [-0.4, -0.2) is 46.1 Å². The van der Waals surface area contributed by atoms with E-state index in [9.17, 15) is 8.42 Å². The molecule has 20 heavy (non-hydrogen) atoms. The van der Waals surface area contributed by atoms with E-state index in [2.05, 4.69) is 0 Å². The number of nitrogens with zero attached hydrogens (tertiary/aromatic N) is 1. The van der Waals surface area contributed by atoms with Crippen LogP contribution in [0.1, 0.15) is 17.7 Å². The molecule has 2 rings (SSSR count). The van der Waals surface area contributed by atoms with Gasteiger partial charge in [0, 0.05) is 31.7 Å². The minimum Gasteiger partial charge on any atom is -0.384 e. The van der Waals surface area contributed by atoms with Gasteiger partial charge in [0.15, 0.2) is 0 Å². The van der Waals surface area contributed by atoms with Crippen molar-refractivity contribution < 1.29 is 13.2 Å². The van der Waals surface area contributed by atoms with Gasteiger partial charge in [-0.1, -0.05) is 0 Å². The zero-order chi connectivity index (χ0) is 14.6. The highest BCUT2D eigenvalue weighted by Crippen LogP contribution is 2.28. The lowest BCUT2D eigenvalue weighted by Gasteiger charge is -2.30. The van der Waals surface area contributed by atoms with Gasteiger partial charge in [0.05, 0.1) is 0 Å². The molecule has 1 aliphatic heterocycles. The summed E-state index contributed by atoms with van der Waals surface area (Å²) in [5.74, 6) is 0.475. The Bertz CT molecular complexity index is 519. The molecule has 0 unspecified atom stereocenters. The van der Waals surface area contributed by atoms with E-state index in [1.54, 1.807) is 17.5 Å². The van der Waals surface area contributed by atoms with E-state index in [-0.39, 0.29) is 0 Å². The second-order valence-corrected chi connectivity index (χ2v) is 8.40. The third-order valence-corrected chi connectivity index (χ3v) is 7.11. The number of ether oxygens (including phenoxy) is 1. The van der Waals surface area contributed by atoms with E-state index in [0.717, 1.165) is 24.1 Å². The van der Waals surface area contributed by atoms with Crippen molar-refractivity contribution in [2.24, 2.45) is 11.7 Å². The number of piperidine rings is 1. The minimum atomic E-state index is -3.33. The molecular formula is C13H22N2O3S2. The Hall–Kier alpha value is -0.470. The van der Waals surface area contributed by atoms with Gasteiger partial charge in [-0.3, -0.25) is 0 Å². The lowest BCUT2D eigenvalue weighted by Crippen LogP contribution is -2.39. The summed E-state index contributed by atoms with van der Waals surface area (Å²) < 4.78 is 32.3. The van der Waals surface area contributed by atoms with Gasteiger partial charge in [-0.05, 0) is 43.9 Å². The smallest absolute Gasteiger partial charge is 0.252 e.